The van der Waals surface area contributed by atoms with Crippen molar-refractivity contribution in [3.05, 3.63) is 58.3 Å². The second-order valence-electron chi connectivity index (χ2n) is 6.44. The minimum Gasteiger partial charge on any atom is -0.351 e. The summed E-state index contributed by atoms with van der Waals surface area (Å²) in [4.78, 5) is 25.5. The van der Waals surface area contributed by atoms with Crippen molar-refractivity contribution in [2.75, 3.05) is 11.4 Å². The molecule has 1 aliphatic rings. The molecule has 0 radical (unpaired) electrons. The number of nitrogens with zero attached hydrogens (tertiary/aromatic N) is 6. The maximum Gasteiger partial charge on any atom is 0.226 e. The second-order valence-corrected chi connectivity index (χ2v) is 8.01. The van der Waals surface area contributed by atoms with Crippen molar-refractivity contribution in [3.8, 4) is 10.4 Å². The molecule has 0 amide bonds. The molecule has 0 fully saturated rings. The fourth-order valence-corrected chi connectivity index (χ4v) is 4.32. The van der Waals surface area contributed by atoms with E-state index in [1.165, 1.54) is 5.56 Å². The quantitative estimate of drug-likeness (QED) is 0.477. The molecule has 5 rings (SSSR count). The van der Waals surface area contributed by atoms with Crippen LogP contribution in [-0.4, -0.2) is 31.5 Å². The van der Waals surface area contributed by atoms with Gasteiger partial charge in [0.05, 0.1) is 15.3 Å². The molecule has 0 atom stereocenters. The number of thiazole rings is 1. The number of halogens is 1. The molecule has 134 valence electrons. The Bertz CT molecular complexity index is 1160. The van der Waals surface area contributed by atoms with Crippen molar-refractivity contribution >= 4 is 39.8 Å². The van der Waals surface area contributed by atoms with E-state index in [4.69, 9.17) is 16.6 Å². The average Bonchev–Trinajstić information content (AvgIpc) is 3.13. The van der Waals surface area contributed by atoms with Crippen LogP contribution in [-0.2, 0) is 13.0 Å². The standard InChI is InChI=1S/C19H15ClN6S/c1-11-22-9-16(27-11)12-7-13-10-26(6-4-15(13)23-8-12)18-14-3-2-5-21-17(14)24-19(20)25-18/h2-3,5,7-9H,4,6,10H2,1H3. The van der Waals surface area contributed by atoms with Crippen molar-refractivity contribution in [1.82, 2.24) is 24.9 Å². The lowest BCUT2D eigenvalue weighted by atomic mass is 10.0. The molecule has 0 spiro atoms. The summed E-state index contributed by atoms with van der Waals surface area (Å²) < 4.78 is 0. The predicted octanol–water partition coefficient (Wildman–Crippen LogP) is 4.07. The normalized spacial score (nSPS) is 13.8. The molecule has 0 saturated heterocycles. The van der Waals surface area contributed by atoms with E-state index in [0.717, 1.165) is 51.9 Å². The minimum atomic E-state index is 0.217. The van der Waals surface area contributed by atoms with Crippen LogP contribution in [0.25, 0.3) is 21.5 Å². The smallest absolute Gasteiger partial charge is 0.226 e. The summed E-state index contributed by atoms with van der Waals surface area (Å²) in [6.07, 6.45) is 6.44. The summed E-state index contributed by atoms with van der Waals surface area (Å²) in [6, 6.07) is 6.09. The lowest BCUT2D eigenvalue weighted by Gasteiger charge is -2.30. The Balaban J connectivity index is 1.54. The average molecular weight is 395 g/mol. The van der Waals surface area contributed by atoms with Gasteiger partial charge in [-0.05, 0) is 42.3 Å². The van der Waals surface area contributed by atoms with Crippen LogP contribution in [0.4, 0.5) is 5.82 Å². The van der Waals surface area contributed by atoms with E-state index in [-0.39, 0.29) is 5.28 Å². The highest BCUT2D eigenvalue weighted by Gasteiger charge is 2.22. The van der Waals surface area contributed by atoms with Crippen LogP contribution in [0.3, 0.4) is 0 Å². The Hall–Kier alpha value is -2.64. The first-order chi connectivity index (χ1) is 13.2. The van der Waals surface area contributed by atoms with Crippen LogP contribution in [0.15, 0.2) is 36.8 Å². The largest absolute Gasteiger partial charge is 0.351 e. The molecule has 4 aromatic rings. The van der Waals surface area contributed by atoms with E-state index in [9.17, 15) is 0 Å². The number of hydrogen-bond acceptors (Lipinski definition) is 7. The van der Waals surface area contributed by atoms with Gasteiger partial charge in [-0.15, -0.1) is 11.3 Å². The van der Waals surface area contributed by atoms with Gasteiger partial charge in [0.25, 0.3) is 0 Å². The van der Waals surface area contributed by atoms with Crippen LogP contribution in [0.1, 0.15) is 16.3 Å². The third kappa shape index (κ3) is 3.02. The number of anilines is 1. The van der Waals surface area contributed by atoms with Crippen LogP contribution in [0.5, 0.6) is 0 Å². The first kappa shape index (κ1) is 16.5. The predicted molar refractivity (Wildman–Crippen MR) is 107 cm³/mol. The molecule has 5 heterocycles. The SMILES string of the molecule is Cc1ncc(-c2cnc3c(c2)CN(c2nc(Cl)nc4ncccc24)CC3)s1. The zero-order chi connectivity index (χ0) is 18.4. The zero-order valence-corrected chi connectivity index (χ0v) is 16.1. The molecular formula is C19H15ClN6S. The number of aryl methyl sites for hydroxylation is 1. The Kier molecular flexibility index (Phi) is 3.98. The highest BCUT2D eigenvalue weighted by atomic mass is 35.5. The first-order valence-electron chi connectivity index (χ1n) is 8.61. The van der Waals surface area contributed by atoms with Crippen LogP contribution in [0, 0.1) is 6.92 Å². The van der Waals surface area contributed by atoms with Crippen molar-refractivity contribution in [3.63, 3.8) is 0 Å². The summed E-state index contributed by atoms with van der Waals surface area (Å²) in [5, 5.41) is 2.18. The molecular weight excluding hydrogens is 380 g/mol. The Morgan fingerprint density at radius 2 is 2.07 bits per heavy atom. The Labute approximate surface area is 164 Å². The highest BCUT2D eigenvalue weighted by molar-refractivity contribution is 7.15. The number of hydrogen-bond donors (Lipinski definition) is 0. The van der Waals surface area contributed by atoms with Gasteiger partial charge in [0.1, 0.15) is 5.82 Å². The fraction of sp³-hybridized carbons (Fsp3) is 0.211. The summed E-state index contributed by atoms with van der Waals surface area (Å²) >= 11 is 7.83. The van der Waals surface area contributed by atoms with Crippen molar-refractivity contribution in [2.45, 2.75) is 19.9 Å². The van der Waals surface area contributed by atoms with Crippen molar-refractivity contribution < 1.29 is 0 Å². The maximum atomic E-state index is 6.14. The highest BCUT2D eigenvalue weighted by Crippen LogP contribution is 2.31. The van der Waals surface area contributed by atoms with Gasteiger partial charge in [-0.1, -0.05) is 0 Å². The lowest BCUT2D eigenvalue weighted by Crippen LogP contribution is -2.32. The van der Waals surface area contributed by atoms with Gasteiger partial charge in [-0.3, -0.25) is 4.98 Å². The van der Waals surface area contributed by atoms with Gasteiger partial charge in [0.2, 0.25) is 5.28 Å². The van der Waals surface area contributed by atoms with E-state index in [1.54, 1.807) is 17.5 Å². The van der Waals surface area contributed by atoms with E-state index < -0.39 is 0 Å². The summed E-state index contributed by atoms with van der Waals surface area (Å²) in [5.74, 6) is 0.822. The van der Waals surface area contributed by atoms with Gasteiger partial charge < -0.3 is 4.90 Å². The van der Waals surface area contributed by atoms with Crippen molar-refractivity contribution in [1.29, 1.82) is 0 Å². The second kappa shape index (κ2) is 6.51. The monoisotopic (exact) mass is 394 g/mol. The van der Waals surface area contributed by atoms with Gasteiger partial charge in [-0.2, -0.15) is 9.97 Å². The van der Waals surface area contributed by atoms with E-state index in [0.29, 0.717) is 5.65 Å². The topological polar surface area (TPSA) is 67.7 Å². The molecule has 0 unspecified atom stereocenters. The van der Waals surface area contributed by atoms with Crippen molar-refractivity contribution in [2.24, 2.45) is 0 Å². The molecule has 0 aromatic carbocycles. The molecule has 6 nitrogen and oxygen atoms in total. The molecule has 4 aromatic heterocycles. The van der Waals surface area contributed by atoms with Gasteiger partial charge in [0, 0.05) is 49.4 Å². The molecule has 27 heavy (non-hydrogen) atoms. The van der Waals surface area contributed by atoms with E-state index in [2.05, 4.69) is 30.9 Å². The molecule has 1 aliphatic heterocycles. The van der Waals surface area contributed by atoms with E-state index in [1.807, 2.05) is 31.5 Å². The molecule has 0 bridgehead atoms. The zero-order valence-electron chi connectivity index (χ0n) is 14.6. The third-order valence-corrected chi connectivity index (χ3v) is 5.80. The molecule has 0 aliphatic carbocycles. The minimum absolute atomic E-state index is 0.217. The van der Waals surface area contributed by atoms with Gasteiger partial charge in [-0.25, -0.2) is 9.97 Å². The number of rotatable bonds is 2. The summed E-state index contributed by atoms with van der Waals surface area (Å²) in [7, 11) is 0. The van der Waals surface area contributed by atoms with Gasteiger partial charge >= 0.3 is 0 Å². The molecule has 8 heteroatoms. The Morgan fingerprint density at radius 1 is 1.15 bits per heavy atom. The third-order valence-electron chi connectivity index (χ3n) is 4.67. The summed E-state index contributed by atoms with van der Waals surface area (Å²) in [6.45, 7) is 3.57. The first-order valence-corrected chi connectivity index (χ1v) is 9.80. The Morgan fingerprint density at radius 3 is 2.93 bits per heavy atom. The molecule has 0 N–H and O–H groups in total. The fourth-order valence-electron chi connectivity index (χ4n) is 3.40. The van der Waals surface area contributed by atoms with Crippen LogP contribution in [0.2, 0.25) is 5.28 Å². The summed E-state index contributed by atoms with van der Waals surface area (Å²) in [5.41, 5.74) is 4.06. The molecule has 0 saturated carbocycles. The van der Waals surface area contributed by atoms with Crippen LogP contribution >= 0.6 is 22.9 Å². The number of fused-ring (bicyclic) bond motifs is 2. The van der Waals surface area contributed by atoms with E-state index >= 15 is 0 Å². The lowest BCUT2D eigenvalue weighted by molar-refractivity contribution is 0.705. The number of aromatic nitrogens is 5. The van der Waals surface area contributed by atoms with Gasteiger partial charge in [0.15, 0.2) is 5.65 Å². The van der Waals surface area contributed by atoms with Crippen LogP contribution < -0.4 is 4.90 Å². The number of pyridine rings is 2. The maximum absolute atomic E-state index is 6.14.